The van der Waals surface area contributed by atoms with Crippen LogP contribution in [0.4, 0.5) is 0 Å². The van der Waals surface area contributed by atoms with Gasteiger partial charge in [0, 0.05) is 17.5 Å². The second kappa shape index (κ2) is 6.27. The topological polar surface area (TPSA) is 63.2 Å². The molecular weight excluding hydrogens is 442 g/mol. The molecule has 2 aromatic rings. The summed E-state index contributed by atoms with van der Waals surface area (Å²) >= 11 is 0. The lowest BCUT2D eigenvalue weighted by molar-refractivity contribution is -0.927. The molecule has 0 saturated carbocycles. The van der Waals surface area contributed by atoms with Gasteiger partial charge in [-0.1, -0.05) is 6.07 Å². The first-order valence-corrected chi connectivity index (χ1v) is 9.41. The number of ether oxygens (including phenoxy) is 5. The van der Waals surface area contributed by atoms with E-state index in [1.807, 2.05) is 12.1 Å². The van der Waals surface area contributed by atoms with E-state index in [1.54, 1.807) is 0 Å². The summed E-state index contributed by atoms with van der Waals surface area (Å²) in [7, 11) is 4.36. The molecule has 0 fully saturated rings. The number of nitrogens with zero attached hydrogens (tertiary/aromatic N) is 1. The number of benzene rings is 2. The van der Waals surface area contributed by atoms with Gasteiger partial charge in [0.15, 0.2) is 35.1 Å². The highest BCUT2D eigenvalue weighted by Gasteiger charge is 2.50. The standard InChI is InChI=1S/C21H20NO6.BrH/c1-22(2)6-5-11-7-15-16(26-9-25-15)8-13(11)18(22)19-12-3-4-14-20(27-10-24-14)17(12)21(23)28-19;/h3-4,7-8,18-19H,5-6,9-10H2,1-2H3;1H/q+1;/p-1/t18-,19?;/m0./s1. The molecule has 2 aromatic carbocycles. The number of carbonyl (C=O) groups excluding carboxylic acids is 1. The molecule has 8 heteroatoms. The first-order chi connectivity index (χ1) is 13.5. The lowest BCUT2D eigenvalue weighted by atomic mass is 9.84. The molecule has 0 saturated heterocycles. The quantitative estimate of drug-likeness (QED) is 0.430. The smallest absolute Gasteiger partial charge is 0.343 e. The number of hydrogen-bond acceptors (Lipinski definition) is 6. The zero-order chi connectivity index (χ0) is 19.0. The van der Waals surface area contributed by atoms with Gasteiger partial charge >= 0.3 is 5.97 Å². The number of likely N-dealkylation sites (N-methyl/N-ethyl adjacent to an activating group) is 1. The molecule has 0 amide bonds. The molecule has 4 heterocycles. The normalized spacial score (nSPS) is 24.4. The number of hydrogen-bond donors (Lipinski definition) is 0. The van der Waals surface area contributed by atoms with E-state index in [2.05, 4.69) is 26.2 Å². The van der Waals surface area contributed by atoms with Crippen molar-refractivity contribution in [3.05, 3.63) is 46.5 Å². The third-order valence-electron chi connectivity index (χ3n) is 6.27. The summed E-state index contributed by atoms with van der Waals surface area (Å²) in [5.41, 5.74) is 3.71. The minimum Gasteiger partial charge on any atom is -1.00 e. The second-order valence-corrected chi connectivity index (χ2v) is 8.19. The van der Waals surface area contributed by atoms with E-state index >= 15 is 0 Å². The van der Waals surface area contributed by atoms with Crippen LogP contribution in [0.2, 0.25) is 0 Å². The molecule has 0 radical (unpaired) electrons. The van der Waals surface area contributed by atoms with Crippen LogP contribution in [0.1, 0.15) is 39.2 Å². The van der Waals surface area contributed by atoms with Crippen LogP contribution in [-0.4, -0.2) is 44.7 Å². The minimum absolute atomic E-state index is 0. The highest BCUT2D eigenvalue weighted by molar-refractivity contribution is 5.98. The van der Waals surface area contributed by atoms with Gasteiger partial charge in [0.05, 0.1) is 20.6 Å². The van der Waals surface area contributed by atoms with Crippen LogP contribution in [0.5, 0.6) is 23.0 Å². The van der Waals surface area contributed by atoms with Gasteiger partial charge in [-0.15, -0.1) is 0 Å². The summed E-state index contributed by atoms with van der Waals surface area (Å²) < 4.78 is 28.8. The van der Waals surface area contributed by atoms with Gasteiger partial charge in [0.1, 0.15) is 5.56 Å². The lowest BCUT2D eigenvalue weighted by Gasteiger charge is -2.44. The van der Waals surface area contributed by atoms with E-state index in [1.165, 1.54) is 5.56 Å². The molecule has 29 heavy (non-hydrogen) atoms. The van der Waals surface area contributed by atoms with E-state index in [4.69, 9.17) is 23.7 Å². The molecule has 7 nitrogen and oxygen atoms in total. The van der Waals surface area contributed by atoms with Crippen LogP contribution < -0.4 is 35.9 Å². The summed E-state index contributed by atoms with van der Waals surface area (Å²) in [5.74, 6) is 2.28. The zero-order valence-corrected chi connectivity index (χ0v) is 17.7. The Labute approximate surface area is 178 Å². The van der Waals surface area contributed by atoms with Crippen molar-refractivity contribution in [2.75, 3.05) is 34.2 Å². The summed E-state index contributed by atoms with van der Waals surface area (Å²) in [6, 6.07) is 7.87. The number of cyclic esters (lactones) is 1. The van der Waals surface area contributed by atoms with Crippen LogP contribution >= 0.6 is 0 Å². The predicted octanol–water partition coefficient (Wildman–Crippen LogP) is -0.267. The fraction of sp³-hybridized carbons (Fsp3) is 0.381. The molecule has 0 aliphatic carbocycles. The van der Waals surface area contributed by atoms with Gasteiger partial charge in [-0.25, -0.2) is 4.79 Å². The Morgan fingerprint density at radius 3 is 2.48 bits per heavy atom. The average Bonchev–Trinajstić information content (AvgIpc) is 3.37. The van der Waals surface area contributed by atoms with E-state index in [0.717, 1.165) is 35.6 Å². The molecule has 6 rings (SSSR count). The SMILES string of the molecule is C[N+]1(C)CCc2cc3c(cc2[C@H]1C1OC(=O)c2c1ccc1c2OCO1)OCO3.[Br-]. The van der Waals surface area contributed by atoms with Gasteiger partial charge < -0.3 is 45.1 Å². The molecule has 4 aliphatic heterocycles. The van der Waals surface area contributed by atoms with Crippen LogP contribution in [0.15, 0.2) is 24.3 Å². The molecule has 0 spiro atoms. The fourth-order valence-electron chi connectivity index (χ4n) is 4.85. The number of fused-ring (bicyclic) bond motifs is 5. The van der Waals surface area contributed by atoms with Crippen molar-refractivity contribution in [2.24, 2.45) is 0 Å². The highest BCUT2D eigenvalue weighted by atomic mass is 79.9. The maximum Gasteiger partial charge on any atom is 0.343 e. The van der Waals surface area contributed by atoms with Crippen molar-refractivity contribution in [2.45, 2.75) is 18.6 Å². The molecule has 2 atom stereocenters. The first-order valence-electron chi connectivity index (χ1n) is 9.41. The molecular formula is C21H20BrNO6. The Morgan fingerprint density at radius 1 is 0.931 bits per heavy atom. The predicted molar refractivity (Wildman–Crippen MR) is 96.7 cm³/mol. The Hall–Kier alpha value is -2.45. The Balaban J connectivity index is 0.00000181. The third-order valence-corrected chi connectivity index (χ3v) is 6.27. The van der Waals surface area contributed by atoms with Gasteiger partial charge in [0.2, 0.25) is 13.6 Å². The summed E-state index contributed by atoms with van der Waals surface area (Å²) in [6.45, 7) is 1.30. The summed E-state index contributed by atoms with van der Waals surface area (Å²) in [5, 5.41) is 0. The van der Waals surface area contributed by atoms with Gasteiger partial charge in [-0.2, -0.15) is 0 Å². The molecule has 1 unspecified atom stereocenters. The number of halogens is 1. The second-order valence-electron chi connectivity index (χ2n) is 8.19. The van der Waals surface area contributed by atoms with E-state index in [0.29, 0.717) is 21.5 Å². The van der Waals surface area contributed by atoms with Crippen LogP contribution in [0, 0.1) is 0 Å². The monoisotopic (exact) mass is 461 g/mol. The van der Waals surface area contributed by atoms with Crippen molar-refractivity contribution in [3.63, 3.8) is 0 Å². The Bertz CT molecular complexity index is 1040. The van der Waals surface area contributed by atoms with Gasteiger partial charge in [0.25, 0.3) is 0 Å². The van der Waals surface area contributed by atoms with Gasteiger partial charge in [-0.05, 0) is 23.8 Å². The van der Waals surface area contributed by atoms with E-state index in [-0.39, 0.29) is 42.6 Å². The summed E-state index contributed by atoms with van der Waals surface area (Å²) in [4.78, 5) is 12.8. The zero-order valence-electron chi connectivity index (χ0n) is 16.1. The number of quaternary nitrogens is 1. The maximum atomic E-state index is 12.8. The molecule has 0 bridgehead atoms. The van der Waals surface area contributed by atoms with Crippen molar-refractivity contribution in [1.29, 1.82) is 0 Å². The Kier molecular flexibility index (Phi) is 4.02. The minimum atomic E-state index is -0.397. The average molecular weight is 462 g/mol. The molecule has 152 valence electrons. The van der Waals surface area contributed by atoms with Crippen LogP contribution in [-0.2, 0) is 11.2 Å². The van der Waals surface area contributed by atoms with Crippen LogP contribution in [0.25, 0.3) is 0 Å². The molecule has 4 aliphatic rings. The third kappa shape index (κ3) is 2.55. The van der Waals surface area contributed by atoms with Crippen molar-refractivity contribution in [1.82, 2.24) is 0 Å². The Morgan fingerprint density at radius 2 is 1.66 bits per heavy atom. The first kappa shape index (κ1) is 18.6. The number of carbonyl (C=O) groups is 1. The summed E-state index contributed by atoms with van der Waals surface area (Å²) in [6.07, 6.45) is 0.538. The van der Waals surface area contributed by atoms with Crippen molar-refractivity contribution >= 4 is 5.97 Å². The highest BCUT2D eigenvalue weighted by Crippen LogP contribution is 2.53. The largest absolute Gasteiger partial charge is 1.00 e. The van der Waals surface area contributed by atoms with E-state index in [9.17, 15) is 4.79 Å². The number of esters is 1. The van der Waals surface area contributed by atoms with E-state index < -0.39 is 6.10 Å². The molecule has 0 aromatic heterocycles. The molecule has 0 N–H and O–H groups in total. The number of rotatable bonds is 1. The van der Waals surface area contributed by atoms with Crippen molar-refractivity contribution < 1.29 is 49.9 Å². The van der Waals surface area contributed by atoms with Gasteiger partial charge in [-0.3, -0.25) is 0 Å². The fourth-order valence-corrected chi connectivity index (χ4v) is 4.85. The van der Waals surface area contributed by atoms with Crippen LogP contribution in [0.3, 0.4) is 0 Å². The van der Waals surface area contributed by atoms with Crippen molar-refractivity contribution in [3.8, 4) is 23.0 Å². The maximum absolute atomic E-state index is 12.8. The lowest BCUT2D eigenvalue weighted by Crippen LogP contribution is -3.00.